The smallest absolute Gasteiger partial charge is 0.208 e. The van der Waals surface area contributed by atoms with Gasteiger partial charge in [0.2, 0.25) is 10.0 Å². The second-order valence-electron chi connectivity index (χ2n) is 3.23. The Labute approximate surface area is 105 Å². The molecule has 0 aliphatic rings. The Morgan fingerprint density at radius 3 is 2.82 bits per heavy atom. The lowest BCUT2D eigenvalue weighted by molar-refractivity contribution is 0.589. The molecule has 17 heavy (non-hydrogen) atoms. The summed E-state index contributed by atoms with van der Waals surface area (Å²) in [7, 11) is -3.20. The molecule has 0 radical (unpaired) electrons. The summed E-state index contributed by atoms with van der Waals surface area (Å²) in [5.74, 6) is 0.362. The Bertz CT molecular complexity index is 538. The monoisotopic (exact) mass is 274 g/mol. The van der Waals surface area contributed by atoms with Crippen LogP contribution in [-0.4, -0.2) is 32.7 Å². The van der Waals surface area contributed by atoms with Crippen molar-refractivity contribution in [2.24, 2.45) is 0 Å². The average molecular weight is 275 g/mol. The van der Waals surface area contributed by atoms with Gasteiger partial charge in [0.05, 0.1) is 11.8 Å². The first-order chi connectivity index (χ1) is 7.94. The van der Waals surface area contributed by atoms with E-state index in [0.717, 1.165) is 6.26 Å². The molecule has 0 bridgehead atoms. The van der Waals surface area contributed by atoms with E-state index in [9.17, 15) is 8.42 Å². The van der Waals surface area contributed by atoms with Crippen LogP contribution in [0.25, 0.3) is 0 Å². The zero-order valence-corrected chi connectivity index (χ0v) is 10.6. The molecule has 1 aromatic heterocycles. The van der Waals surface area contributed by atoms with Gasteiger partial charge >= 0.3 is 0 Å². The molecule has 0 unspecified atom stereocenters. The third-order valence-corrected chi connectivity index (χ3v) is 2.90. The molecule has 0 atom stereocenters. The quantitative estimate of drug-likeness (QED) is 0.766. The minimum Gasteiger partial charge on any atom is -0.367 e. The molecule has 8 heteroatoms. The summed E-state index contributed by atoms with van der Waals surface area (Å²) < 4.78 is 23.9. The van der Waals surface area contributed by atoms with Gasteiger partial charge in [-0.15, -0.1) is 0 Å². The van der Waals surface area contributed by atoms with Gasteiger partial charge in [-0.1, -0.05) is 11.6 Å². The highest BCUT2D eigenvalue weighted by Gasteiger charge is 2.06. The van der Waals surface area contributed by atoms with E-state index < -0.39 is 10.0 Å². The molecule has 1 heterocycles. The molecule has 0 aliphatic heterocycles. The molecule has 1 aromatic rings. The molecule has 0 saturated carbocycles. The van der Waals surface area contributed by atoms with Crippen LogP contribution in [0.1, 0.15) is 5.56 Å². The predicted molar refractivity (Wildman–Crippen MR) is 65.3 cm³/mol. The van der Waals surface area contributed by atoms with E-state index in [2.05, 4.69) is 15.0 Å². The average Bonchev–Trinajstić information content (AvgIpc) is 2.25. The van der Waals surface area contributed by atoms with Gasteiger partial charge in [0.1, 0.15) is 16.9 Å². The number of nitrogens with one attached hydrogen (secondary N) is 2. The second-order valence-corrected chi connectivity index (χ2v) is 5.44. The van der Waals surface area contributed by atoms with Crippen molar-refractivity contribution in [3.05, 3.63) is 22.8 Å². The fourth-order valence-corrected chi connectivity index (χ4v) is 1.76. The number of hydrogen-bond donors (Lipinski definition) is 2. The maximum atomic E-state index is 10.8. The molecule has 0 spiro atoms. The van der Waals surface area contributed by atoms with Crippen molar-refractivity contribution in [2.45, 2.75) is 0 Å². The van der Waals surface area contributed by atoms with Crippen LogP contribution in [-0.2, 0) is 10.0 Å². The van der Waals surface area contributed by atoms with Gasteiger partial charge in [-0.25, -0.2) is 18.1 Å². The van der Waals surface area contributed by atoms with E-state index in [4.69, 9.17) is 16.9 Å². The topological polar surface area (TPSA) is 94.9 Å². The number of anilines is 1. The molecule has 0 fully saturated rings. The molecule has 1 rings (SSSR count). The fraction of sp³-hybridized carbons (Fsp3) is 0.333. The first kappa shape index (κ1) is 13.7. The normalized spacial score (nSPS) is 10.9. The Hall–Kier alpha value is -1.36. The first-order valence-corrected chi connectivity index (χ1v) is 6.94. The van der Waals surface area contributed by atoms with Crippen molar-refractivity contribution in [1.29, 1.82) is 5.26 Å². The van der Waals surface area contributed by atoms with Crippen molar-refractivity contribution in [3.8, 4) is 6.07 Å². The summed E-state index contributed by atoms with van der Waals surface area (Å²) in [6.07, 6.45) is 2.53. The molecule has 0 amide bonds. The highest BCUT2D eigenvalue weighted by Crippen LogP contribution is 2.22. The number of aromatic nitrogens is 1. The van der Waals surface area contributed by atoms with Crippen LogP contribution in [0.4, 0.5) is 5.82 Å². The molecule has 0 aromatic carbocycles. The van der Waals surface area contributed by atoms with Gasteiger partial charge < -0.3 is 5.32 Å². The van der Waals surface area contributed by atoms with Gasteiger partial charge in [-0.05, 0) is 6.07 Å². The van der Waals surface area contributed by atoms with Crippen LogP contribution in [0, 0.1) is 11.3 Å². The Balaban J connectivity index is 2.56. The number of sulfonamides is 1. The SMILES string of the molecule is CS(=O)(=O)NCCNc1nccc(C#N)c1Cl. The lowest BCUT2D eigenvalue weighted by Crippen LogP contribution is -2.27. The van der Waals surface area contributed by atoms with Crippen molar-refractivity contribution in [2.75, 3.05) is 24.7 Å². The minimum atomic E-state index is -3.20. The van der Waals surface area contributed by atoms with Crippen LogP contribution in [0.3, 0.4) is 0 Å². The number of rotatable bonds is 5. The molecule has 0 saturated heterocycles. The van der Waals surface area contributed by atoms with Crippen LogP contribution in [0.2, 0.25) is 5.02 Å². The van der Waals surface area contributed by atoms with E-state index in [0.29, 0.717) is 17.9 Å². The molecular weight excluding hydrogens is 264 g/mol. The van der Waals surface area contributed by atoms with E-state index in [1.807, 2.05) is 6.07 Å². The van der Waals surface area contributed by atoms with E-state index in [-0.39, 0.29) is 11.6 Å². The van der Waals surface area contributed by atoms with Gasteiger partial charge in [-0.3, -0.25) is 0 Å². The zero-order chi connectivity index (χ0) is 12.9. The van der Waals surface area contributed by atoms with E-state index >= 15 is 0 Å². The van der Waals surface area contributed by atoms with Gasteiger partial charge in [0.15, 0.2) is 0 Å². The van der Waals surface area contributed by atoms with Gasteiger partial charge in [0, 0.05) is 19.3 Å². The number of pyridine rings is 1. The van der Waals surface area contributed by atoms with Crippen LogP contribution >= 0.6 is 11.6 Å². The maximum Gasteiger partial charge on any atom is 0.208 e. The molecule has 0 aliphatic carbocycles. The van der Waals surface area contributed by atoms with Gasteiger partial charge in [0.25, 0.3) is 0 Å². The molecule has 6 nitrogen and oxygen atoms in total. The molecule has 2 N–H and O–H groups in total. The van der Waals surface area contributed by atoms with Crippen molar-refractivity contribution < 1.29 is 8.42 Å². The Morgan fingerprint density at radius 2 is 2.24 bits per heavy atom. The summed E-state index contributed by atoms with van der Waals surface area (Å²) in [5.41, 5.74) is 0.320. The first-order valence-electron chi connectivity index (χ1n) is 4.67. The summed E-state index contributed by atoms with van der Waals surface area (Å²) >= 11 is 5.89. The number of hydrogen-bond acceptors (Lipinski definition) is 5. The van der Waals surface area contributed by atoms with Crippen molar-refractivity contribution >= 4 is 27.4 Å². The highest BCUT2D eigenvalue weighted by atomic mass is 35.5. The zero-order valence-electron chi connectivity index (χ0n) is 9.07. The van der Waals surface area contributed by atoms with Crippen LogP contribution in [0.5, 0.6) is 0 Å². The van der Waals surface area contributed by atoms with Crippen molar-refractivity contribution in [1.82, 2.24) is 9.71 Å². The van der Waals surface area contributed by atoms with Crippen LogP contribution < -0.4 is 10.0 Å². The minimum absolute atomic E-state index is 0.216. The summed E-state index contributed by atoms with van der Waals surface area (Å²) in [6.45, 7) is 0.544. The largest absolute Gasteiger partial charge is 0.367 e. The third kappa shape index (κ3) is 4.56. The molecular formula is C9H11ClN4O2S. The van der Waals surface area contributed by atoms with Crippen LogP contribution in [0.15, 0.2) is 12.3 Å². The molecule has 92 valence electrons. The fourth-order valence-electron chi connectivity index (χ4n) is 1.07. The van der Waals surface area contributed by atoms with Crippen molar-refractivity contribution in [3.63, 3.8) is 0 Å². The maximum absolute atomic E-state index is 10.8. The lowest BCUT2D eigenvalue weighted by atomic mass is 10.3. The number of halogens is 1. The number of nitrogens with zero attached hydrogens (tertiary/aromatic N) is 2. The van der Waals surface area contributed by atoms with E-state index in [1.54, 1.807) is 0 Å². The summed E-state index contributed by atoms with van der Waals surface area (Å²) in [6, 6.07) is 3.43. The lowest BCUT2D eigenvalue weighted by Gasteiger charge is -2.07. The highest BCUT2D eigenvalue weighted by molar-refractivity contribution is 7.88. The third-order valence-electron chi connectivity index (χ3n) is 1.79. The number of nitriles is 1. The predicted octanol–water partition coefficient (Wildman–Crippen LogP) is 0.568. The van der Waals surface area contributed by atoms with Gasteiger partial charge in [-0.2, -0.15) is 5.26 Å². The summed E-state index contributed by atoms with van der Waals surface area (Å²) in [5, 5.41) is 11.8. The second kappa shape index (κ2) is 5.82. The Morgan fingerprint density at radius 1 is 1.53 bits per heavy atom. The Kier molecular flexibility index (Phi) is 4.69. The van der Waals surface area contributed by atoms with E-state index in [1.165, 1.54) is 12.3 Å². The standard InChI is InChI=1S/C9H11ClN4O2S/c1-17(15,16)14-5-4-13-9-8(10)7(6-11)2-3-12-9/h2-3,14H,4-5H2,1H3,(H,12,13). The summed E-state index contributed by atoms with van der Waals surface area (Å²) in [4.78, 5) is 3.95.